The van der Waals surface area contributed by atoms with E-state index in [-0.39, 0.29) is 17.4 Å². The molecule has 0 radical (unpaired) electrons. The predicted molar refractivity (Wildman–Crippen MR) is 131 cm³/mol. The summed E-state index contributed by atoms with van der Waals surface area (Å²) in [5.41, 5.74) is 2.40. The number of pyridine rings is 2. The van der Waals surface area contributed by atoms with E-state index in [9.17, 15) is 14.7 Å². The van der Waals surface area contributed by atoms with Crippen molar-refractivity contribution in [3.8, 4) is 5.40 Å². The zero-order valence-corrected chi connectivity index (χ0v) is 19.7. The number of aromatic nitrogens is 2. The number of aromatic carboxylic acids is 2. The summed E-state index contributed by atoms with van der Waals surface area (Å²) in [6, 6.07) is 17.7. The van der Waals surface area contributed by atoms with Crippen LogP contribution in [0, 0.1) is 10.7 Å². The molecule has 2 heterocycles. The minimum Gasteiger partial charge on any atom is -0.477 e. The molecule has 0 amide bonds. The molecule has 3 aromatic rings. The molecular weight excluding hydrogens is 466 g/mol. The molecule has 3 rings (SSSR count). The first kappa shape index (κ1) is 25.8. The average Bonchev–Trinajstić information content (AvgIpc) is 2.86. The highest BCUT2D eigenvalue weighted by molar-refractivity contribution is 8.03. The number of nitrogens with zero attached hydrogens (tertiary/aromatic N) is 3. The van der Waals surface area contributed by atoms with Gasteiger partial charge in [0.25, 0.3) is 0 Å². The molecule has 0 aliphatic heterocycles. The van der Waals surface area contributed by atoms with Crippen LogP contribution in [0.15, 0.2) is 65.6 Å². The summed E-state index contributed by atoms with van der Waals surface area (Å²) in [6.07, 6.45) is 1.59. The number of rotatable bonds is 13. The molecule has 0 spiro atoms. The number of nitrogens with one attached hydrogen (secondary N) is 2. The van der Waals surface area contributed by atoms with E-state index >= 15 is 0 Å². The normalized spacial score (nSPS) is 11.5. The summed E-state index contributed by atoms with van der Waals surface area (Å²) in [5.74, 6) is -2.14. The maximum absolute atomic E-state index is 11.2. The summed E-state index contributed by atoms with van der Waals surface area (Å²) >= 11 is 1.12. The van der Waals surface area contributed by atoms with Crippen molar-refractivity contribution in [3.05, 3.63) is 89.0 Å². The lowest BCUT2D eigenvalue weighted by molar-refractivity contribution is 0.0679. The molecule has 1 aromatic carbocycles. The van der Waals surface area contributed by atoms with Crippen LogP contribution in [0.25, 0.3) is 0 Å². The molecule has 10 heteroatoms. The number of thioether (sulfide) groups is 1. The van der Waals surface area contributed by atoms with Crippen molar-refractivity contribution in [1.29, 1.82) is 5.26 Å². The zero-order chi connectivity index (χ0) is 25.0. The van der Waals surface area contributed by atoms with Crippen LogP contribution in [0.1, 0.15) is 44.3 Å². The number of benzene rings is 1. The molecular formula is C25H25N5O4S. The predicted octanol–water partition coefficient (Wildman–Crippen LogP) is 3.33. The van der Waals surface area contributed by atoms with E-state index in [1.165, 1.54) is 12.1 Å². The molecule has 0 aliphatic carbocycles. The molecule has 0 fully saturated rings. The van der Waals surface area contributed by atoms with Crippen molar-refractivity contribution in [2.24, 2.45) is 0 Å². The van der Waals surface area contributed by atoms with Crippen molar-refractivity contribution in [2.75, 3.05) is 6.54 Å². The number of carboxylic acid groups (broad SMARTS) is 2. The van der Waals surface area contributed by atoms with E-state index < -0.39 is 11.9 Å². The molecule has 2 aromatic heterocycles. The van der Waals surface area contributed by atoms with Crippen molar-refractivity contribution in [3.63, 3.8) is 0 Å². The molecule has 180 valence electrons. The fourth-order valence-corrected chi connectivity index (χ4v) is 3.79. The van der Waals surface area contributed by atoms with Crippen LogP contribution in [0.5, 0.6) is 0 Å². The SMILES string of the molecule is N#CSc1ccc(CCC(CNCc2cccc(C(=O)O)n2)NCc2cccc(C(=O)O)n2)cc1. The molecule has 4 N–H and O–H groups in total. The molecule has 9 nitrogen and oxygen atoms in total. The summed E-state index contributed by atoms with van der Waals surface area (Å²) < 4.78 is 0. The Morgan fingerprint density at radius 1 is 0.914 bits per heavy atom. The van der Waals surface area contributed by atoms with Crippen molar-refractivity contribution in [2.45, 2.75) is 36.9 Å². The van der Waals surface area contributed by atoms with E-state index in [1.807, 2.05) is 24.3 Å². The highest BCUT2D eigenvalue weighted by Gasteiger charge is 2.12. The highest BCUT2D eigenvalue weighted by atomic mass is 32.2. The molecule has 1 atom stereocenters. The Kier molecular flexibility index (Phi) is 9.74. The number of hydrogen-bond donors (Lipinski definition) is 4. The average molecular weight is 492 g/mol. The number of nitriles is 1. The Bertz CT molecular complexity index is 1200. The van der Waals surface area contributed by atoms with Gasteiger partial charge in [0, 0.05) is 30.6 Å². The first-order valence-electron chi connectivity index (χ1n) is 10.9. The lowest BCUT2D eigenvalue weighted by Crippen LogP contribution is -2.39. The molecule has 1 unspecified atom stereocenters. The second kappa shape index (κ2) is 13.2. The van der Waals surface area contributed by atoms with E-state index in [4.69, 9.17) is 10.4 Å². The molecule has 35 heavy (non-hydrogen) atoms. The third kappa shape index (κ3) is 8.50. The maximum Gasteiger partial charge on any atom is 0.354 e. The summed E-state index contributed by atoms with van der Waals surface area (Å²) in [4.78, 5) is 31.5. The highest BCUT2D eigenvalue weighted by Crippen LogP contribution is 2.17. The molecule has 0 bridgehead atoms. The fraction of sp³-hybridized carbons (Fsp3) is 0.240. The van der Waals surface area contributed by atoms with E-state index in [0.29, 0.717) is 31.0 Å². The van der Waals surface area contributed by atoms with Gasteiger partial charge in [0.2, 0.25) is 0 Å². The number of hydrogen-bond acceptors (Lipinski definition) is 8. The van der Waals surface area contributed by atoms with Crippen LogP contribution in [-0.4, -0.2) is 44.7 Å². The van der Waals surface area contributed by atoms with Crippen LogP contribution in [-0.2, 0) is 19.5 Å². The fourth-order valence-electron chi connectivity index (χ4n) is 3.41. The third-order valence-corrected chi connectivity index (χ3v) is 5.79. The van der Waals surface area contributed by atoms with Gasteiger partial charge in [-0.15, -0.1) is 0 Å². The third-order valence-electron chi connectivity index (χ3n) is 5.19. The van der Waals surface area contributed by atoms with Gasteiger partial charge >= 0.3 is 11.9 Å². The maximum atomic E-state index is 11.2. The van der Waals surface area contributed by atoms with Gasteiger partial charge in [0.1, 0.15) is 16.8 Å². The lowest BCUT2D eigenvalue weighted by atomic mass is 10.0. The topological polar surface area (TPSA) is 148 Å². The molecule has 0 aliphatic rings. The second-order valence-electron chi connectivity index (χ2n) is 7.72. The number of carbonyl (C=O) groups is 2. The van der Waals surface area contributed by atoms with Gasteiger partial charge in [-0.1, -0.05) is 24.3 Å². The van der Waals surface area contributed by atoms with Crippen molar-refractivity contribution >= 4 is 23.7 Å². The summed E-state index contributed by atoms with van der Waals surface area (Å²) in [5, 5.41) is 35.9. The largest absolute Gasteiger partial charge is 0.477 e. The van der Waals surface area contributed by atoms with Gasteiger partial charge in [-0.25, -0.2) is 19.6 Å². The van der Waals surface area contributed by atoms with Crippen LogP contribution in [0.4, 0.5) is 0 Å². The van der Waals surface area contributed by atoms with Crippen LogP contribution in [0.2, 0.25) is 0 Å². The van der Waals surface area contributed by atoms with Crippen LogP contribution < -0.4 is 10.6 Å². The van der Waals surface area contributed by atoms with Crippen LogP contribution in [0.3, 0.4) is 0 Å². The lowest BCUT2D eigenvalue weighted by Gasteiger charge is -2.20. The van der Waals surface area contributed by atoms with Gasteiger partial charge in [-0.05, 0) is 66.6 Å². The monoisotopic (exact) mass is 491 g/mol. The Balaban J connectivity index is 1.61. The molecule has 0 saturated carbocycles. The van der Waals surface area contributed by atoms with Gasteiger partial charge in [-0.2, -0.15) is 5.26 Å². The van der Waals surface area contributed by atoms with E-state index in [1.54, 1.807) is 24.3 Å². The van der Waals surface area contributed by atoms with Gasteiger partial charge < -0.3 is 20.8 Å². The number of aryl methyl sites for hydroxylation is 1. The first-order valence-corrected chi connectivity index (χ1v) is 11.7. The Morgan fingerprint density at radius 2 is 1.51 bits per heavy atom. The summed E-state index contributed by atoms with van der Waals surface area (Å²) in [6.45, 7) is 1.39. The zero-order valence-electron chi connectivity index (χ0n) is 18.8. The quantitative estimate of drug-likeness (QED) is 0.207. The van der Waals surface area contributed by atoms with Crippen molar-refractivity contribution in [1.82, 2.24) is 20.6 Å². The number of thiocyanates is 1. The van der Waals surface area contributed by atoms with Crippen LogP contribution >= 0.6 is 11.8 Å². The first-order chi connectivity index (χ1) is 16.9. The van der Waals surface area contributed by atoms with E-state index in [0.717, 1.165) is 35.1 Å². The Morgan fingerprint density at radius 3 is 2.09 bits per heavy atom. The van der Waals surface area contributed by atoms with E-state index in [2.05, 4.69) is 26.0 Å². The Labute approximate surface area is 207 Å². The smallest absolute Gasteiger partial charge is 0.354 e. The number of carboxylic acids is 2. The summed E-state index contributed by atoms with van der Waals surface area (Å²) in [7, 11) is 0. The Hall–Kier alpha value is -3.78. The van der Waals surface area contributed by atoms with Gasteiger partial charge in [0.05, 0.1) is 11.4 Å². The van der Waals surface area contributed by atoms with Gasteiger partial charge in [-0.3, -0.25) is 0 Å². The standard InChI is InChI=1S/C25H25N5O4S/c26-16-35-21-11-8-17(9-12-21)7-10-18(28-15-20-4-2-6-23(30-20)25(33)34)13-27-14-19-3-1-5-22(29-19)24(31)32/h1-6,8-9,11-12,18,27-28H,7,10,13-15H2,(H,31,32)(H,33,34). The molecule has 0 saturated heterocycles. The van der Waals surface area contributed by atoms with Gasteiger partial charge in [0.15, 0.2) is 0 Å². The minimum absolute atomic E-state index is 0.00121. The van der Waals surface area contributed by atoms with Crippen molar-refractivity contribution < 1.29 is 19.8 Å². The minimum atomic E-state index is -1.07. The second-order valence-corrected chi connectivity index (χ2v) is 8.58.